The van der Waals surface area contributed by atoms with Crippen molar-refractivity contribution in [1.29, 1.82) is 0 Å². The first-order valence-corrected chi connectivity index (χ1v) is 7.92. The molecule has 1 aliphatic carbocycles. The predicted molar refractivity (Wildman–Crippen MR) is 93.9 cm³/mol. The molecule has 4 heterocycles. The highest BCUT2D eigenvalue weighted by Gasteiger charge is 2.10. The number of nitrogens with two attached hydrogens (primary N) is 1. The van der Waals surface area contributed by atoms with Crippen LogP contribution in [0.2, 0.25) is 0 Å². The molecule has 0 aliphatic heterocycles. The molecular weight excluding hydrogens is 302 g/mol. The number of imidazole rings is 1. The molecule has 0 amide bonds. The van der Waals surface area contributed by atoms with Gasteiger partial charge in [0.1, 0.15) is 17.0 Å². The number of fused-ring (bicyclic) bond motifs is 2. The van der Waals surface area contributed by atoms with Gasteiger partial charge in [0.2, 0.25) is 0 Å². The van der Waals surface area contributed by atoms with Crippen LogP contribution in [-0.2, 0) is 0 Å². The Hall–Kier alpha value is -3.15. The molecule has 1 saturated carbocycles. The van der Waals surface area contributed by atoms with Gasteiger partial charge in [-0.1, -0.05) is 19.3 Å². The number of anilines is 1. The van der Waals surface area contributed by atoms with Gasteiger partial charge in [-0.2, -0.15) is 0 Å². The van der Waals surface area contributed by atoms with Crippen LogP contribution < -0.4 is 5.73 Å². The Morgan fingerprint density at radius 1 is 1.17 bits per heavy atom. The molecule has 1 aliphatic rings. The molecule has 0 saturated heterocycles. The third-order valence-electron chi connectivity index (χ3n) is 3.88. The van der Waals surface area contributed by atoms with E-state index < -0.39 is 0 Å². The number of nitrogens with zero attached hydrogens (tertiary/aromatic N) is 3. The molecule has 4 aromatic heterocycles. The smallest absolute Gasteiger partial charge is 0.170 e. The number of nitrogens with one attached hydrogen (secondary N) is 1. The topological polar surface area (TPSA) is 89.1 Å². The zero-order valence-corrected chi connectivity index (χ0v) is 13.1. The summed E-state index contributed by atoms with van der Waals surface area (Å²) in [5.74, 6) is 0.237. The van der Waals surface area contributed by atoms with Crippen molar-refractivity contribution in [2.45, 2.75) is 19.3 Å². The van der Waals surface area contributed by atoms with Crippen molar-refractivity contribution in [3.05, 3.63) is 48.5 Å². The summed E-state index contributed by atoms with van der Waals surface area (Å²) in [6.45, 7) is 0. The Bertz CT molecular complexity index is 1030. The van der Waals surface area contributed by atoms with E-state index in [1.54, 1.807) is 10.6 Å². The fraction of sp³-hybridized carbons (Fsp3) is 0.167. The van der Waals surface area contributed by atoms with E-state index in [0.29, 0.717) is 17.6 Å². The van der Waals surface area contributed by atoms with Crippen LogP contribution in [0.15, 0.2) is 42.9 Å². The maximum atomic E-state index is 11.1. The van der Waals surface area contributed by atoms with Gasteiger partial charge in [0.05, 0.1) is 0 Å². The minimum absolute atomic E-state index is 0.237. The number of pyridine rings is 2. The van der Waals surface area contributed by atoms with E-state index >= 15 is 0 Å². The first kappa shape index (κ1) is 14.4. The van der Waals surface area contributed by atoms with E-state index in [9.17, 15) is 4.79 Å². The van der Waals surface area contributed by atoms with Gasteiger partial charge < -0.3 is 10.7 Å². The highest BCUT2D eigenvalue weighted by atomic mass is 16.1. The van der Waals surface area contributed by atoms with Crippen molar-refractivity contribution in [2.75, 3.05) is 5.73 Å². The number of hydrogen-bond acceptors (Lipinski definition) is 4. The van der Waals surface area contributed by atoms with Gasteiger partial charge in [-0.15, -0.1) is 0 Å². The van der Waals surface area contributed by atoms with Crippen LogP contribution in [0.1, 0.15) is 29.8 Å². The summed E-state index contributed by atoms with van der Waals surface area (Å²) in [5, 5.41) is 1.04. The zero-order valence-electron chi connectivity index (χ0n) is 13.1. The summed E-state index contributed by atoms with van der Waals surface area (Å²) in [6.07, 6.45) is 10.7. The summed E-state index contributed by atoms with van der Waals surface area (Å²) in [4.78, 5) is 22.7. The van der Waals surface area contributed by atoms with Crippen LogP contribution >= 0.6 is 0 Å². The lowest BCUT2D eigenvalue weighted by atomic mass is 10.1. The number of carbonyl (C=O) groups is 1. The fourth-order valence-electron chi connectivity index (χ4n) is 2.47. The van der Waals surface area contributed by atoms with Crippen LogP contribution in [0, 0.1) is 0 Å². The Kier molecular flexibility index (Phi) is 3.49. The number of aromatic amines is 1. The van der Waals surface area contributed by atoms with E-state index in [2.05, 4.69) is 15.0 Å². The Balaban J connectivity index is 0.000000440. The van der Waals surface area contributed by atoms with Crippen LogP contribution in [-0.4, -0.2) is 25.6 Å². The number of aldehydes is 1. The van der Waals surface area contributed by atoms with Crippen molar-refractivity contribution in [3.8, 4) is 11.1 Å². The summed E-state index contributed by atoms with van der Waals surface area (Å²) >= 11 is 0. The van der Waals surface area contributed by atoms with Crippen LogP contribution in [0.4, 0.5) is 5.82 Å². The molecule has 0 bridgehead atoms. The Labute approximate surface area is 138 Å². The minimum atomic E-state index is 0.237. The van der Waals surface area contributed by atoms with Gasteiger partial charge in [-0.25, -0.2) is 9.97 Å². The molecule has 0 unspecified atom stereocenters. The quantitative estimate of drug-likeness (QED) is 0.554. The maximum Gasteiger partial charge on any atom is 0.170 e. The monoisotopic (exact) mass is 319 g/mol. The Morgan fingerprint density at radius 2 is 2.00 bits per heavy atom. The molecule has 0 radical (unpaired) electrons. The molecule has 4 aromatic rings. The van der Waals surface area contributed by atoms with Gasteiger partial charge >= 0.3 is 0 Å². The molecule has 1 fully saturated rings. The average molecular weight is 319 g/mol. The van der Waals surface area contributed by atoms with Gasteiger partial charge in [-0.05, 0) is 24.3 Å². The molecule has 0 spiro atoms. The highest BCUT2D eigenvalue weighted by Crippen LogP contribution is 2.24. The maximum absolute atomic E-state index is 11.1. The molecule has 0 atom stereocenters. The van der Waals surface area contributed by atoms with Gasteiger partial charge in [0.25, 0.3) is 0 Å². The molecule has 24 heavy (non-hydrogen) atoms. The number of carbonyl (C=O) groups excluding carboxylic acids is 1. The summed E-state index contributed by atoms with van der Waals surface area (Å²) in [6, 6.07) is 7.78. The number of rotatable bonds is 2. The second-order valence-corrected chi connectivity index (χ2v) is 5.85. The Morgan fingerprint density at radius 3 is 2.75 bits per heavy atom. The van der Waals surface area contributed by atoms with Crippen LogP contribution in [0.5, 0.6) is 0 Å². The highest BCUT2D eigenvalue weighted by molar-refractivity contribution is 5.84. The van der Waals surface area contributed by atoms with E-state index in [-0.39, 0.29) is 5.82 Å². The lowest BCUT2D eigenvalue weighted by molar-refractivity contribution is 0.111. The van der Waals surface area contributed by atoms with E-state index in [0.717, 1.165) is 22.2 Å². The van der Waals surface area contributed by atoms with Gasteiger partial charge in [-0.3, -0.25) is 9.20 Å². The van der Waals surface area contributed by atoms with Crippen LogP contribution in [0.3, 0.4) is 0 Å². The summed E-state index contributed by atoms with van der Waals surface area (Å²) in [7, 11) is 0. The molecule has 6 heteroatoms. The zero-order chi connectivity index (χ0) is 16.5. The second-order valence-electron chi connectivity index (χ2n) is 5.85. The molecule has 3 N–H and O–H groups in total. The predicted octanol–water partition coefficient (Wildman–Crippen LogP) is 3.44. The summed E-state index contributed by atoms with van der Waals surface area (Å²) < 4.78 is 1.69. The minimum Gasteiger partial charge on any atom is -0.382 e. The first-order valence-electron chi connectivity index (χ1n) is 7.92. The first-order chi connectivity index (χ1) is 11.8. The van der Waals surface area contributed by atoms with Crippen molar-refractivity contribution in [3.63, 3.8) is 0 Å². The van der Waals surface area contributed by atoms with Crippen molar-refractivity contribution < 1.29 is 4.79 Å². The molecule has 6 nitrogen and oxygen atoms in total. The SMILES string of the molecule is C1CC1.Nc1nc2ccc(-c3cnc4[nH]ccc4c3)cn2c1C=O. The third kappa shape index (κ3) is 2.62. The average Bonchev–Trinajstić information content (AvgIpc) is 3.35. The van der Waals surface area contributed by atoms with Crippen molar-refractivity contribution in [2.24, 2.45) is 0 Å². The van der Waals surface area contributed by atoms with Crippen molar-refractivity contribution >= 4 is 28.8 Å². The van der Waals surface area contributed by atoms with Gasteiger partial charge in [0, 0.05) is 35.1 Å². The van der Waals surface area contributed by atoms with E-state index in [1.165, 1.54) is 19.3 Å². The van der Waals surface area contributed by atoms with E-state index in [1.807, 2.05) is 36.7 Å². The fourth-order valence-corrected chi connectivity index (χ4v) is 2.47. The summed E-state index contributed by atoms with van der Waals surface area (Å²) in [5.41, 5.74) is 9.50. The molecule has 0 aromatic carbocycles. The van der Waals surface area contributed by atoms with Crippen LogP contribution in [0.25, 0.3) is 27.8 Å². The standard InChI is InChI=1S/C15H11N5O.C3H6/c16-14-12(8-21)20-7-10(1-2-13(20)19-14)11-5-9-3-4-17-15(9)18-6-11;1-2-3-1/h1-8H,16H2,(H,17,18);1-3H2. The lowest BCUT2D eigenvalue weighted by Gasteiger charge is -2.03. The van der Waals surface area contributed by atoms with Crippen molar-refractivity contribution in [1.82, 2.24) is 19.4 Å². The number of hydrogen-bond donors (Lipinski definition) is 2. The lowest BCUT2D eigenvalue weighted by Crippen LogP contribution is -1.95. The molecular formula is C18H17N5O. The van der Waals surface area contributed by atoms with E-state index in [4.69, 9.17) is 5.73 Å². The number of aromatic nitrogens is 4. The molecule has 5 rings (SSSR count). The normalized spacial score (nSPS) is 12.8. The molecule has 120 valence electrons. The largest absolute Gasteiger partial charge is 0.382 e. The van der Waals surface area contributed by atoms with Gasteiger partial charge in [0.15, 0.2) is 12.1 Å². The number of H-pyrrole nitrogens is 1. The number of nitrogen functional groups attached to an aromatic ring is 1. The second kappa shape index (κ2) is 5.81. The third-order valence-corrected chi connectivity index (χ3v) is 3.88.